The van der Waals surface area contributed by atoms with Gasteiger partial charge in [0.25, 0.3) is 10.0 Å². The summed E-state index contributed by atoms with van der Waals surface area (Å²) < 4.78 is 38.4. The van der Waals surface area contributed by atoms with Crippen LogP contribution >= 0.6 is 27.3 Å². The van der Waals surface area contributed by atoms with Crippen molar-refractivity contribution >= 4 is 37.3 Å². The molecule has 0 N–H and O–H groups in total. The minimum absolute atomic E-state index is 0.0814. The Morgan fingerprint density at radius 1 is 1.30 bits per heavy atom. The molecule has 1 aromatic carbocycles. The number of nitrogens with zero attached hydrogens (tertiary/aromatic N) is 3. The van der Waals surface area contributed by atoms with Crippen molar-refractivity contribution in [2.24, 2.45) is 0 Å². The van der Waals surface area contributed by atoms with Gasteiger partial charge in [-0.1, -0.05) is 23.4 Å². The highest BCUT2D eigenvalue weighted by molar-refractivity contribution is 9.11. The number of hydrogen-bond donors (Lipinski definition) is 0. The lowest BCUT2D eigenvalue weighted by atomic mass is 10.0. The normalized spacial score (nSPS) is 15.6. The zero-order valence-electron chi connectivity index (χ0n) is 14.3. The molecule has 142 valence electrons. The molecule has 0 bridgehead atoms. The molecule has 10 heteroatoms. The van der Waals surface area contributed by atoms with E-state index in [1.165, 1.54) is 15.6 Å². The Labute approximate surface area is 169 Å². The summed E-state index contributed by atoms with van der Waals surface area (Å²) in [7, 11) is -1.84. The topological polar surface area (TPSA) is 85.5 Å². The van der Waals surface area contributed by atoms with Gasteiger partial charge in [0.1, 0.15) is 9.96 Å². The van der Waals surface area contributed by atoms with Crippen LogP contribution in [0.2, 0.25) is 0 Å². The standard InChI is InChI=1S/C17H16BrN3O4S2/c1-24-13-5-3-2-4-11(13)8-15-19-17(25-20-15)12-9-21(10-12)27(22,23)16-7-6-14(18)26-16/h2-7,12H,8-10H2,1H3. The van der Waals surface area contributed by atoms with E-state index in [1.54, 1.807) is 19.2 Å². The van der Waals surface area contributed by atoms with Gasteiger partial charge in [0.15, 0.2) is 5.82 Å². The molecule has 1 saturated heterocycles. The summed E-state index contributed by atoms with van der Waals surface area (Å²) in [6.45, 7) is 0.683. The first kappa shape index (κ1) is 18.6. The van der Waals surface area contributed by atoms with Crippen LogP contribution in [0, 0.1) is 0 Å². The lowest BCUT2D eigenvalue weighted by Gasteiger charge is -2.35. The summed E-state index contributed by atoms with van der Waals surface area (Å²) in [5.41, 5.74) is 0.966. The average molecular weight is 470 g/mol. The quantitative estimate of drug-likeness (QED) is 0.550. The van der Waals surface area contributed by atoms with Crippen LogP contribution in [0.5, 0.6) is 5.75 Å². The van der Waals surface area contributed by atoms with Crippen LogP contribution in [-0.4, -0.2) is 43.1 Å². The van der Waals surface area contributed by atoms with Crippen molar-refractivity contribution in [3.05, 3.63) is 57.5 Å². The predicted molar refractivity (Wildman–Crippen MR) is 104 cm³/mol. The zero-order chi connectivity index (χ0) is 19.0. The van der Waals surface area contributed by atoms with Crippen LogP contribution in [0.4, 0.5) is 0 Å². The maximum Gasteiger partial charge on any atom is 0.252 e. The number of methoxy groups -OCH3 is 1. The number of aromatic nitrogens is 2. The van der Waals surface area contributed by atoms with Crippen LogP contribution in [0.1, 0.15) is 23.2 Å². The molecule has 4 rings (SSSR count). The summed E-state index contributed by atoms with van der Waals surface area (Å²) in [4.78, 5) is 4.44. The molecule has 27 heavy (non-hydrogen) atoms. The minimum atomic E-state index is -3.46. The highest BCUT2D eigenvalue weighted by atomic mass is 79.9. The van der Waals surface area contributed by atoms with E-state index in [9.17, 15) is 8.42 Å². The number of hydrogen-bond acceptors (Lipinski definition) is 7. The third-order valence-corrected chi connectivity index (χ3v) is 8.29. The van der Waals surface area contributed by atoms with Crippen LogP contribution < -0.4 is 4.74 Å². The van der Waals surface area contributed by atoms with Crippen LogP contribution in [-0.2, 0) is 16.4 Å². The fraction of sp³-hybridized carbons (Fsp3) is 0.294. The Morgan fingerprint density at radius 2 is 2.07 bits per heavy atom. The number of halogens is 1. The van der Waals surface area contributed by atoms with Crippen molar-refractivity contribution in [2.75, 3.05) is 20.2 Å². The Morgan fingerprint density at radius 3 is 2.78 bits per heavy atom. The van der Waals surface area contributed by atoms with E-state index in [1.807, 2.05) is 24.3 Å². The van der Waals surface area contributed by atoms with Crippen molar-refractivity contribution < 1.29 is 17.7 Å². The molecular formula is C17H16BrN3O4S2. The predicted octanol–water partition coefficient (Wildman–Crippen LogP) is 3.28. The molecule has 1 aliphatic rings. The summed E-state index contributed by atoms with van der Waals surface area (Å²) >= 11 is 4.50. The number of benzene rings is 1. The van der Waals surface area contributed by atoms with Gasteiger partial charge in [0.05, 0.1) is 16.8 Å². The molecule has 0 amide bonds. The molecular weight excluding hydrogens is 454 g/mol. The summed E-state index contributed by atoms with van der Waals surface area (Å²) in [5, 5.41) is 4.02. The summed E-state index contributed by atoms with van der Waals surface area (Å²) in [6, 6.07) is 11.0. The number of sulfonamides is 1. The van der Waals surface area contributed by atoms with Gasteiger partial charge in [-0.3, -0.25) is 0 Å². The first-order valence-electron chi connectivity index (χ1n) is 8.17. The van der Waals surface area contributed by atoms with E-state index < -0.39 is 10.0 Å². The molecule has 7 nitrogen and oxygen atoms in total. The van der Waals surface area contributed by atoms with Gasteiger partial charge in [-0.2, -0.15) is 9.29 Å². The van der Waals surface area contributed by atoms with Gasteiger partial charge in [-0.05, 0) is 34.1 Å². The molecule has 0 atom stereocenters. The van der Waals surface area contributed by atoms with Gasteiger partial charge < -0.3 is 9.26 Å². The molecule has 1 fully saturated rings. The molecule has 1 aliphatic heterocycles. The van der Waals surface area contributed by atoms with E-state index in [-0.39, 0.29) is 5.92 Å². The maximum absolute atomic E-state index is 12.6. The Balaban J connectivity index is 1.42. The van der Waals surface area contributed by atoms with Crippen molar-refractivity contribution in [2.45, 2.75) is 16.5 Å². The van der Waals surface area contributed by atoms with Crippen LogP contribution in [0.25, 0.3) is 0 Å². The fourth-order valence-corrected chi connectivity index (χ4v) is 6.57. The average Bonchev–Trinajstić information content (AvgIpc) is 3.23. The summed E-state index contributed by atoms with van der Waals surface area (Å²) in [6.07, 6.45) is 0.492. The van der Waals surface area contributed by atoms with Crippen molar-refractivity contribution in [1.82, 2.24) is 14.4 Å². The first-order chi connectivity index (χ1) is 13.0. The molecule has 2 aromatic heterocycles. The minimum Gasteiger partial charge on any atom is -0.496 e. The second kappa shape index (κ2) is 7.34. The van der Waals surface area contributed by atoms with Crippen molar-refractivity contribution in [3.63, 3.8) is 0 Å². The van der Waals surface area contributed by atoms with Gasteiger partial charge in [0.2, 0.25) is 5.89 Å². The fourth-order valence-electron chi connectivity index (χ4n) is 2.88. The Bertz CT molecular complexity index is 1060. The van der Waals surface area contributed by atoms with E-state index in [0.717, 1.165) is 15.1 Å². The molecule has 0 radical (unpaired) electrons. The number of rotatable bonds is 6. The van der Waals surface area contributed by atoms with Gasteiger partial charge in [0, 0.05) is 25.1 Å². The second-order valence-corrected chi connectivity index (χ2v) is 10.7. The van der Waals surface area contributed by atoms with E-state index >= 15 is 0 Å². The highest BCUT2D eigenvalue weighted by Gasteiger charge is 2.41. The van der Waals surface area contributed by atoms with E-state index in [0.29, 0.717) is 35.4 Å². The second-order valence-electron chi connectivity index (χ2n) is 6.11. The third-order valence-electron chi connectivity index (χ3n) is 4.36. The molecule has 0 saturated carbocycles. The van der Waals surface area contributed by atoms with E-state index in [2.05, 4.69) is 26.1 Å². The first-order valence-corrected chi connectivity index (χ1v) is 11.2. The number of thiophene rings is 1. The Kier molecular flexibility index (Phi) is 5.06. The van der Waals surface area contributed by atoms with Crippen molar-refractivity contribution in [3.8, 4) is 5.75 Å². The lowest BCUT2D eigenvalue weighted by Crippen LogP contribution is -2.48. The zero-order valence-corrected chi connectivity index (χ0v) is 17.6. The molecule has 3 aromatic rings. The van der Waals surface area contributed by atoms with E-state index in [4.69, 9.17) is 9.26 Å². The molecule has 0 aliphatic carbocycles. The molecule has 3 heterocycles. The smallest absolute Gasteiger partial charge is 0.252 e. The largest absolute Gasteiger partial charge is 0.496 e. The van der Waals surface area contributed by atoms with Crippen molar-refractivity contribution in [1.29, 1.82) is 0 Å². The maximum atomic E-state index is 12.6. The lowest BCUT2D eigenvalue weighted by molar-refractivity contribution is 0.217. The van der Waals surface area contributed by atoms with Crippen LogP contribution in [0.15, 0.2) is 48.9 Å². The number of para-hydroxylation sites is 1. The van der Waals surface area contributed by atoms with Gasteiger partial charge in [-0.25, -0.2) is 8.42 Å². The van der Waals surface area contributed by atoms with Gasteiger partial charge in [-0.15, -0.1) is 11.3 Å². The molecule has 0 spiro atoms. The van der Waals surface area contributed by atoms with Crippen LogP contribution in [0.3, 0.4) is 0 Å². The highest BCUT2D eigenvalue weighted by Crippen LogP contribution is 2.35. The number of ether oxygens (including phenoxy) is 1. The third kappa shape index (κ3) is 3.66. The van der Waals surface area contributed by atoms with Gasteiger partial charge >= 0.3 is 0 Å². The monoisotopic (exact) mass is 469 g/mol. The Hall–Kier alpha value is -1.75. The summed E-state index contributed by atoms with van der Waals surface area (Å²) in [5.74, 6) is 1.71. The SMILES string of the molecule is COc1ccccc1Cc1noc(C2CN(S(=O)(=O)c3ccc(Br)s3)C2)n1. The molecule has 0 unspecified atom stereocenters.